The Morgan fingerprint density at radius 3 is 2.69 bits per heavy atom. The maximum atomic E-state index is 13.6. The molecule has 0 spiro atoms. The second-order valence-electron chi connectivity index (χ2n) is 6.30. The Hall–Kier alpha value is -2.02. The van der Waals surface area contributed by atoms with Gasteiger partial charge in [-0.25, -0.2) is 4.39 Å². The van der Waals surface area contributed by atoms with Gasteiger partial charge in [0.25, 0.3) is 0 Å². The molecule has 0 amide bonds. The van der Waals surface area contributed by atoms with Gasteiger partial charge in [-0.1, -0.05) is 12.1 Å². The normalized spacial score (nSPS) is 12.9. The predicted octanol–water partition coefficient (Wildman–Crippen LogP) is 3.06. The summed E-state index contributed by atoms with van der Waals surface area (Å²) in [6.07, 6.45) is 0.885. The predicted molar refractivity (Wildman–Crippen MR) is 107 cm³/mol. The number of nitrogens with zero attached hydrogens (tertiary/aromatic N) is 3. The molecule has 0 bridgehead atoms. The second-order valence-corrected chi connectivity index (χ2v) is 7.44. The highest BCUT2D eigenvalue weighted by Crippen LogP contribution is 2.20. The molecule has 0 saturated carbocycles. The van der Waals surface area contributed by atoms with Gasteiger partial charge in [0.1, 0.15) is 5.82 Å². The largest absolute Gasteiger partial charge is 0.356 e. The van der Waals surface area contributed by atoms with E-state index in [0.29, 0.717) is 11.4 Å². The average Bonchev–Trinajstić information content (AvgIpc) is 2.85. The summed E-state index contributed by atoms with van der Waals surface area (Å²) in [5.41, 5.74) is 3.54. The molecule has 0 saturated heterocycles. The van der Waals surface area contributed by atoms with Crippen LogP contribution in [0.4, 0.5) is 4.39 Å². The molecule has 1 heterocycles. The lowest BCUT2D eigenvalue weighted by Gasteiger charge is -2.18. The summed E-state index contributed by atoms with van der Waals surface area (Å²) in [6, 6.07) is 7.07. The molecule has 5 nitrogen and oxygen atoms in total. The zero-order chi connectivity index (χ0) is 19.1. The van der Waals surface area contributed by atoms with E-state index < -0.39 is 0 Å². The molecule has 0 aliphatic carbocycles. The summed E-state index contributed by atoms with van der Waals surface area (Å²) in [7, 11) is 3.73. The van der Waals surface area contributed by atoms with Crippen molar-refractivity contribution in [2.75, 3.05) is 19.3 Å². The number of nitrogens with one attached hydrogen (secondary N) is 2. The molecule has 1 aromatic heterocycles. The van der Waals surface area contributed by atoms with Crippen molar-refractivity contribution in [1.82, 2.24) is 20.4 Å². The number of guanidine groups is 1. The molecule has 2 rings (SSSR count). The number of hydrogen-bond acceptors (Lipinski definition) is 3. The van der Waals surface area contributed by atoms with E-state index in [1.807, 2.05) is 24.7 Å². The number of hydrogen-bond donors (Lipinski definition) is 2. The number of aryl methyl sites for hydroxylation is 2. The summed E-state index contributed by atoms with van der Waals surface area (Å²) >= 11 is 1.50. The molecule has 0 radical (unpaired) electrons. The van der Waals surface area contributed by atoms with E-state index in [1.54, 1.807) is 19.2 Å². The molecule has 0 aliphatic rings. The fraction of sp³-hybridized carbons (Fsp3) is 0.474. The van der Waals surface area contributed by atoms with Crippen LogP contribution in [0, 0.1) is 19.7 Å². The molecule has 142 valence electrons. The Balaban J connectivity index is 1.79. The monoisotopic (exact) mass is 377 g/mol. The number of rotatable bonds is 7. The minimum Gasteiger partial charge on any atom is -0.356 e. The van der Waals surface area contributed by atoms with Crippen LogP contribution in [0.5, 0.6) is 0 Å². The maximum Gasteiger partial charge on any atom is 0.191 e. The van der Waals surface area contributed by atoms with Gasteiger partial charge in [-0.05, 0) is 44.9 Å². The Labute approximate surface area is 159 Å². The first-order chi connectivity index (χ1) is 12.4. The second kappa shape index (κ2) is 9.62. The van der Waals surface area contributed by atoms with Gasteiger partial charge in [-0.15, -0.1) is 11.8 Å². The molecule has 2 aromatic rings. The lowest BCUT2D eigenvalue weighted by Crippen LogP contribution is -2.43. The van der Waals surface area contributed by atoms with Gasteiger partial charge in [0.2, 0.25) is 0 Å². The van der Waals surface area contributed by atoms with Gasteiger partial charge in [-0.2, -0.15) is 5.10 Å². The van der Waals surface area contributed by atoms with Crippen molar-refractivity contribution in [2.45, 2.75) is 38.1 Å². The lowest BCUT2D eigenvalue weighted by atomic mass is 10.1. The van der Waals surface area contributed by atoms with Gasteiger partial charge >= 0.3 is 0 Å². The van der Waals surface area contributed by atoms with Gasteiger partial charge in [0, 0.05) is 43.0 Å². The molecule has 1 aromatic carbocycles. The highest BCUT2D eigenvalue weighted by atomic mass is 32.2. The van der Waals surface area contributed by atoms with Gasteiger partial charge in [0.15, 0.2) is 5.96 Å². The summed E-state index contributed by atoms with van der Waals surface area (Å²) < 4.78 is 15.5. The smallest absolute Gasteiger partial charge is 0.191 e. The van der Waals surface area contributed by atoms with Crippen molar-refractivity contribution >= 4 is 17.7 Å². The standard InChI is InChI=1S/C19H28FN5S/c1-13(12-16-14(2)24-25(5)15(16)3)23-19(21-4)22-10-11-26-18-9-7-6-8-17(18)20/h6-9,13H,10-12H2,1-5H3,(H2,21,22,23). The third-order valence-electron chi connectivity index (χ3n) is 4.26. The van der Waals surface area contributed by atoms with Crippen LogP contribution < -0.4 is 10.6 Å². The van der Waals surface area contributed by atoms with E-state index in [1.165, 1.54) is 29.1 Å². The van der Waals surface area contributed by atoms with E-state index in [9.17, 15) is 4.39 Å². The van der Waals surface area contributed by atoms with Crippen molar-refractivity contribution in [2.24, 2.45) is 12.0 Å². The van der Waals surface area contributed by atoms with Crippen molar-refractivity contribution in [3.8, 4) is 0 Å². The molecule has 7 heteroatoms. The molecular weight excluding hydrogens is 349 g/mol. The highest BCUT2D eigenvalue weighted by molar-refractivity contribution is 7.99. The Bertz CT molecular complexity index is 756. The summed E-state index contributed by atoms with van der Waals surface area (Å²) in [6.45, 7) is 6.97. The first-order valence-electron chi connectivity index (χ1n) is 8.76. The molecule has 0 aliphatic heterocycles. The zero-order valence-electron chi connectivity index (χ0n) is 16.1. The van der Waals surface area contributed by atoms with Crippen LogP contribution >= 0.6 is 11.8 Å². The molecular formula is C19H28FN5S. The van der Waals surface area contributed by atoms with E-state index in [4.69, 9.17) is 0 Å². The number of aromatic nitrogens is 2. The van der Waals surface area contributed by atoms with E-state index >= 15 is 0 Å². The van der Waals surface area contributed by atoms with Crippen molar-refractivity contribution < 1.29 is 4.39 Å². The zero-order valence-corrected chi connectivity index (χ0v) is 17.0. The van der Waals surface area contributed by atoms with Gasteiger partial charge in [-0.3, -0.25) is 9.67 Å². The Morgan fingerprint density at radius 2 is 2.08 bits per heavy atom. The highest BCUT2D eigenvalue weighted by Gasteiger charge is 2.14. The van der Waals surface area contributed by atoms with Crippen LogP contribution in [0.25, 0.3) is 0 Å². The van der Waals surface area contributed by atoms with Crippen LogP contribution in [0.2, 0.25) is 0 Å². The van der Waals surface area contributed by atoms with E-state index in [2.05, 4.69) is 34.6 Å². The van der Waals surface area contributed by atoms with Crippen LogP contribution in [0.1, 0.15) is 23.9 Å². The van der Waals surface area contributed by atoms with Crippen LogP contribution in [-0.4, -0.2) is 41.1 Å². The molecule has 26 heavy (non-hydrogen) atoms. The maximum absolute atomic E-state index is 13.6. The molecule has 2 N–H and O–H groups in total. The van der Waals surface area contributed by atoms with E-state index in [0.717, 1.165) is 23.8 Å². The number of benzene rings is 1. The van der Waals surface area contributed by atoms with Gasteiger partial charge in [0.05, 0.1) is 5.69 Å². The van der Waals surface area contributed by atoms with Crippen molar-refractivity contribution in [3.05, 3.63) is 47.0 Å². The summed E-state index contributed by atoms with van der Waals surface area (Å²) in [5.74, 6) is 1.35. The Kier molecular flexibility index (Phi) is 7.50. The average molecular weight is 378 g/mol. The van der Waals surface area contributed by atoms with Crippen LogP contribution in [0.3, 0.4) is 0 Å². The fourth-order valence-corrected chi connectivity index (χ4v) is 3.60. The number of aliphatic imine (C=N–C) groups is 1. The molecule has 1 unspecified atom stereocenters. The topological polar surface area (TPSA) is 54.2 Å². The molecule has 1 atom stereocenters. The minimum atomic E-state index is -0.171. The van der Waals surface area contributed by atoms with Gasteiger partial charge < -0.3 is 10.6 Å². The van der Waals surface area contributed by atoms with Crippen LogP contribution in [0.15, 0.2) is 34.2 Å². The van der Waals surface area contributed by atoms with Crippen molar-refractivity contribution in [1.29, 1.82) is 0 Å². The van der Waals surface area contributed by atoms with Crippen molar-refractivity contribution in [3.63, 3.8) is 0 Å². The van der Waals surface area contributed by atoms with Crippen LogP contribution in [-0.2, 0) is 13.5 Å². The third-order valence-corrected chi connectivity index (χ3v) is 5.31. The summed E-state index contributed by atoms with van der Waals surface area (Å²) in [5, 5.41) is 11.2. The quantitative estimate of drug-likeness (QED) is 0.337. The minimum absolute atomic E-state index is 0.171. The Morgan fingerprint density at radius 1 is 1.35 bits per heavy atom. The fourth-order valence-electron chi connectivity index (χ4n) is 2.79. The molecule has 0 fully saturated rings. The first kappa shape index (κ1) is 20.3. The summed E-state index contributed by atoms with van der Waals surface area (Å²) in [4.78, 5) is 4.95. The SMILES string of the molecule is CN=C(NCCSc1ccccc1F)NC(C)Cc1c(C)nn(C)c1C. The number of thioether (sulfide) groups is 1. The first-order valence-corrected chi connectivity index (χ1v) is 9.74. The lowest BCUT2D eigenvalue weighted by molar-refractivity contribution is 0.602. The third kappa shape index (κ3) is 5.49. The number of halogens is 1. The van der Waals surface area contributed by atoms with E-state index in [-0.39, 0.29) is 11.9 Å².